The average molecular weight is 380 g/mol. The summed E-state index contributed by atoms with van der Waals surface area (Å²) in [6.45, 7) is 3.44. The Balaban J connectivity index is 1.33. The van der Waals surface area contributed by atoms with Crippen molar-refractivity contribution >= 4 is 0 Å². The highest BCUT2D eigenvalue weighted by Crippen LogP contribution is 2.42. The molecule has 1 aromatic heterocycles. The quantitative estimate of drug-likeness (QED) is 0.868. The highest BCUT2D eigenvalue weighted by atomic mass is 16.3. The fourth-order valence-electron chi connectivity index (χ4n) is 5.24. The van der Waals surface area contributed by atoms with Gasteiger partial charge in [-0.2, -0.15) is 5.10 Å². The third-order valence-electron chi connectivity index (χ3n) is 6.94. The van der Waals surface area contributed by atoms with Gasteiger partial charge in [0.15, 0.2) is 0 Å². The van der Waals surface area contributed by atoms with Crippen LogP contribution in [0.25, 0.3) is 0 Å². The zero-order valence-electron chi connectivity index (χ0n) is 16.6. The van der Waals surface area contributed by atoms with Gasteiger partial charge in [0.2, 0.25) is 0 Å². The van der Waals surface area contributed by atoms with Gasteiger partial charge in [0.1, 0.15) is 0 Å². The number of aliphatic hydroxyl groups is 1. The van der Waals surface area contributed by atoms with Gasteiger partial charge < -0.3 is 5.11 Å². The lowest BCUT2D eigenvalue weighted by atomic mass is 9.85. The molecular formula is C23H29N3O2. The minimum absolute atomic E-state index is 0.104. The maximum Gasteiger partial charge on any atom is 0.266 e. The number of nitrogens with zero attached hydrogens (tertiary/aromatic N) is 3. The molecule has 28 heavy (non-hydrogen) atoms. The van der Waals surface area contributed by atoms with Gasteiger partial charge >= 0.3 is 0 Å². The van der Waals surface area contributed by atoms with E-state index in [-0.39, 0.29) is 5.56 Å². The third kappa shape index (κ3) is 3.42. The SMILES string of the molecule is Cc1ccccc1CN1[C@@H]2CC[C@@H]1CC(O)(Cn1nc(C3CC3)ccc1=O)C2. The number of fused-ring (bicyclic) bond motifs is 2. The maximum atomic E-state index is 12.3. The summed E-state index contributed by atoms with van der Waals surface area (Å²) in [6.07, 6.45) is 6.02. The minimum atomic E-state index is -0.840. The summed E-state index contributed by atoms with van der Waals surface area (Å²) in [6, 6.07) is 12.8. The molecule has 0 unspecified atom stereocenters. The molecule has 1 aromatic carbocycles. The standard InChI is InChI=1S/C23H29N3O2/c1-16-4-2-3-5-18(16)14-25-19-8-9-20(25)13-23(28,12-19)15-26-22(27)11-10-21(24-26)17-6-7-17/h2-5,10-11,17,19-20,28H,6-9,12-15H2,1H3/t19-,20-/m1/s1. The molecule has 2 saturated heterocycles. The smallest absolute Gasteiger partial charge is 0.266 e. The lowest BCUT2D eigenvalue weighted by Gasteiger charge is -2.44. The molecule has 1 aliphatic carbocycles. The minimum Gasteiger partial charge on any atom is -0.388 e. The van der Waals surface area contributed by atoms with E-state index in [0.29, 0.717) is 24.5 Å². The summed E-state index contributed by atoms with van der Waals surface area (Å²) in [5.41, 5.74) is 2.76. The molecule has 5 nitrogen and oxygen atoms in total. The number of rotatable bonds is 5. The Morgan fingerprint density at radius 3 is 2.46 bits per heavy atom. The third-order valence-corrected chi connectivity index (χ3v) is 6.94. The molecule has 3 heterocycles. The van der Waals surface area contributed by atoms with Crippen molar-refractivity contribution in [3.8, 4) is 0 Å². The second kappa shape index (κ2) is 6.82. The van der Waals surface area contributed by atoms with E-state index in [4.69, 9.17) is 0 Å². The van der Waals surface area contributed by atoms with E-state index < -0.39 is 5.60 Å². The highest BCUT2D eigenvalue weighted by molar-refractivity contribution is 5.26. The topological polar surface area (TPSA) is 58.4 Å². The molecule has 3 aliphatic rings. The first-order valence-corrected chi connectivity index (χ1v) is 10.6. The van der Waals surface area contributed by atoms with E-state index in [0.717, 1.165) is 50.8 Å². The van der Waals surface area contributed by atoms with Gasteiger partial charge in [-0.05, 0) is 62.6 Å². The molecule has 0 spiro atoms. The van der Waals surface area contributed by atoms with Gasteiger partial charge in [0, 0.05) is 30.6 Å². The molecule has 2 bridgehead atoms. The van der Waals surface area contributed by atoms with Gasteiger partial charge in [0.25, 0.3) is 5.56 Å². The second-order valence-corrected chi connectivity index (χ2v) is 9.14. The fraction of sp³-hybridized carbons (Fsp3) is 0.565. The molecule has 3 fully saturated rings. The largest absolute Gasteiger partial charge is 0.388 e. The van der Waals surface area contributed by atoms with E-state index in [2.05, 4.69) is 41.2 Å². The van der Waals surface area contributed by atoms with Crippen molar-refractivity contribution in [1.29, 1.82) is 0 Å². The van der Waals surface area contributed by atoms with Crippen LogP contribution in [0.3, 0.4) is 0 Å². The number of benzene rings is 1. The first-order chi connectivity index (χ1) is 13.5. The molecule has 0 amide bonds. The molecule has 1 N–H and O–H groups in total. The summed E-state index contributed by atoms with van der Waals surface area (Å²) in [5, 5.41) is 16.0. The van der Waals surface area contributed by atoms with Crippen LogP contribution in [0.4, 0.5) is 0 Å². The Hall–Kier alpha value is -1.98. The van der Waals surface area contributed by atoms with Crippen molar-refractivity contribution in [3.63, 3.8) is 0 Å². The lowest BCUT2D eigenvalue weighted by Crippen LogP contribution is -2.53. The van der Waals surface area contributed by atoms with Crippen LogP contribution in [0.1, 0.15) is 61.3 Å². The van der Waals surface area contributed by atoms with Crippen molar-refractivity contribution in [1.82, 2.24) is 14.7 Å². The molecular weight excluding hydrogens is 350 g/mol. The van der Waals surface area contributed by atoms with E-state index >= 15 is 0 Å². The predicted molar refractivity (Wildman–Crippen MR) is 108 cm³/mol. The van der Waals surface area contributed by atoms with Crippen LogP contribution in [0, 0.1) is 6.92 Å². The lowest BCUT2D eigenvalue weighted by molar-refractivity contribution is -0.0678. The van der Waals surface area contributed by atoms with Gasteiger partial charge in [0.05, 0.1) is 17.8 Å². The summed E-state index contributed by atoms with van der Waals surface area (Å²) in [4.78, 5) is 14.9. The van der Waals surface area contributed by atoms with Gasteiger partial charge in [-0.1, -0.05) is 24.3 Å². The predicted octanol–water partition coefficient (Wildman–Crippen LogP) is 2.99. The Kier molecular flexibility index (Phi) is 4.40. The Morgan fingerprint density at radius 2 is 1.79 bits per heavy atom. The monoisotopic (exact) mass is 379 g/mol. The average Bonchev–Trinajstić information content (AvgIpc) is 3.47. The number of piperidine rings is 1. The highest BCUT2D eigenvalue weighted by Gasteiger charge is 2.47. The van der Waals surface area contributed by atoms with Crippen LogP contribution in [0.2, 0.25) is 0 Å². The zero-order chi connectivity index (χ0) is 19.3. The van der Waals surface area contributed by atoms with E-state index in [1.807, 2.05) is 6.07 Å². The Labute approximate surface area is 166 Å². The fourth-order valence-corrected chi connectivity index (χ4v) is 5.24. The van der Waals surface area contributed by atoms with E-state index in [1.165, 1.54) is 15.8 Å². The van der Waals surface area contributed by atoms with Crippen molar-refractivity contribution < 1.29 is 5.11 Å². The van der Waals surface area contributed by atoms with Crippen LogP contribution in [-0.4, -0.2) is 37.5 Å². The molecule has 2 aliphatic heterocycles. The molecule has 0 radical (unpaired) electrons. The first kappa shape index (κ1) is 18.1. The van der Waals surface area contributed by atoms with Crippen molar-refractivity contribution in [2.45, 2.75) is 82.1 Å². The van der Waals surface area contributed by atoms with Crippen molar-refractivity contribution in [2.75, 3.05) is 0 Å². The van der Waals surface area contributed by atoms with Gasteiger partial charge in [-0.3, -0.25) is 9.69 Å². The van der Waals surface area contributed by atoms with Crippen molar-refractivity contribution in [2.24, 2.45) is 0 Å². The van der Waals surface area contributed by atoms with Crippen LogP contribution < -0.4 is 5.56 Å². The number of hydrogen-bond donors (Lipinski definition) is 1. The number of hydrogen-bond acceptors (Lipinski definition) is 4. The Bertz CT molecular complexity index is 919. The molecule has 2 aromatic rings. The van der Waals surface area contributed by atoms with Crippen LogP contribution in [0.5, 0.6) is 0 Å². The van der Waals surface area contributed by atoms with Gasteiger partial charge in [-0.15, -0.1) is 0 Å². The molecule has 1 saturated carbocycles. The van der Waals surface area contributed by atoms with Crippen LogP contribution >= 0.6 is 0 Å². The zero-order valence-corrected chi connectivity index (χ0v) is 16.6. The van der Waals surface area contributed by atoms with E-state index in [9.17, 15) is 9.90 Å². The van der Waals surface area contributed by atoms with Crippen LogP contribution in [-0.2, 0) is 13.1 Å². The summed E-state index contributed by atoms with van der Waals surface area (Å²) in [7, 11) is 0. The summed E-state index contributed by atoms with van der Waals surface area (Å²) in [5.74, 6) is 0.508. The Morgan fingerprint density at radius 1 is 1.07 bits per heavy atom. The molecule has 5 rings (SSSR count). The van der Waals surface area contributed by atoms with Crippen molar-refractivity contribution in [3.05, 3.63) is 63.6 Å². The van der Waals surface area contributed by atoms with Gasteiger partial charge in [-0.25, -0.2) is 4.68 Å². The normalized spacial score (nSPS) is 29.9. The van der Waals surface area contributed by atoms with Crippen LogP contribution in [0.15, 0.2) is 41.2 Å². The number of aromatic nitrogens is 2. The molecule has 2 atom stereocenters. The number of aryl methyl sites for hydroxylation is 1. The molecule has 5 heteroatoms. The second-order valence-electron chi connectivity index (χ2n) is 9.14. The maximum absolute atomic E-state index is 12.3. The first-order valence-electron chi connectivity index (χ1n) is 10.6. The van der Waals surface area contributed by atoms with E-state index in [1.54, 1.807) is 6.07 Å². The molecule has 148 valence electrons. The summed E-state index contributed by atoms with van der Waals surface area (Å²) >= 11 is 0. The summed E-state index contributed by atoms with van der Waals surface area (Å²) < 4.78 is 1.52.